The van der Waals surface area contributed by atoms with E-state index in [-0.39, 0.29) is 12.3 Å². The van der Waals surface area contributed by atoms with Gasteiger partial charge in [-0.25, -0.2) is 0 Å². The van der Waals surface area contributed by atoms with Crippen molar-refractivity contribution in [2.45, 2.75) is 50.9 Å². The monoisotopic (exact) mass is 357 g/mol. The molecule has 0 saturated heterocycles. The Kier molecular flexibility index (Phi) is 5.78. The van der Waals surface area contributed by atoms with Gasteiger partial charge in [-0.05, 0) is 41.6 Å². The number of carbonyl (C=O) groups is 2. The maximum absolute atomic E-state index is 12.0. The lowest BCUT2D eigenvalue weighted by Gasteiger charge is -2.03. The molecule has 1 fully saturated rings. The topological polar surface area (TPSA) is 95.1 Å². The molecule has 116 valence electrons. The summed E-state index contributed by atoms with van der Waals surface area (Å²) in [5.41, 5.74) is 1.44. The molecule has 0 radical (unpaired) electrons. The lowest BCUT2D eigenvalue weighted by Crippen LogP contribution is -2.25. The summed E-state index contributed by atoms with van der Waals surface area (Å²) in [6.45, 7) is 0.587. The van der Waals surface area contributed by atoms with Crippen LogP contribution in [0, 0.1) is 0 Å². The predicted molar refractivity (Wildman–Crippen MR) is 81.3 cm³/mol. The van der Waals surface area contributed by atoms with E-state index in [2.05, 4.69) is 31.4 Å². The van der Waals surface area contributed by atoms with Gasteiger partial charge in [0.15, 0.2) is 5.69 Å². The highest BCUT2D eigenvalue weighted by atomic mass is 79.9. The van der Waals surface area contributed by atoms with Gasteiger partial charge in [0.2, 0.25) is 0 Å². The molecule has 0 atom stereocenters. The Labute approximate surface area is 131 Å². The number of aromatic amines is 1. The average molecular weight is 358 g/mol. The van der Waals surface area contributed by atoms with Crippen LogP contribution in [0.15, 0.2) is 4.47 Å². The average Bonchev–Trinajstić information content (AvgIpc) is 3.20. The minimum Gasteiger partial charge on any atom is -0.481 e. The van der Waals surface area contributed by atoms with Crippen molar-refractivity contribution in [1.82, 2.24) is 15.5 Å². The Hall–Kier alpha value is -1.37. The molecule has 1 aliphatic rings. The molecule has 0 spiro atoms. The standard InChI is InChI=1S/C14H20BrN3O3/c15-11-12(9-6-7-9)17-18-13(11)14(21)16-8-4-2-1-3-5-10(19)20/h9H,1-8H2,(H,16,21)(H,17,18)(H,19,20). The third-order valence-corrected chi connectivity index (χ3v) is 4.34. The first-order valence-corrected chi connectivity index (χ1v) is 8.12. The number of halogens is 1. The minimum absolute atomic E-state index is 0.171. The van der Waals surface area contributed by atoms with Gasteiger partial charge in [-0.15, -0.1) is 0 Å². The molecule has 2 rings (SSSR count). The number of unbranched alkanes of at least 4 members (excludes halogenated alkanes) is 3. The molecule has 0 aromatic carbocycles. The van der Waals surface area contributed by atoms with Gasteiger partial charge in [0.1, 0.15) is 0 Å². The largest absolute Gasteiger partial charge is 0.481 e. The van der Waals surface area contributed by atoms with E-state index in [0.29, 0.717) is 24.6 Å². The van der Waals surface area contributed by atoms with Crippen LogP contribution < -0.4 is 5.32 Å². The van der Waals surface area contributed by atoms with E-state index < -0.39 is 5.97 Å². The molecule has 1 aromatic heterocycles. The van der Waals surface area contributed by atoms with Crippen molar-refractivity contribution in [2.75, 3.05) is 6.54 Å². The molecule has 7 heteroatoms. The molecule has 0 bridgehead atoms. The van der Waals surface area contributed by atoms with Gasteiger partial charge in [0.05, 0.1) is 10.2 Å². The molecule has 21 heavy (non-hydrogen) atoms. The van der Waals surface area contributed by atoms with E-state index >= 15 is 0 Å². The van der Waals surface area contributed by atoms with Gasteiger partial charge < -0.3 is 10.4 Å². The van der Waals surface area contributed by atoms with E-state index in [0.717, 1.165) is 42.3 Å². The lowest BCUT2D eigenvalue weighted by atomic mass is 10.1. The van der Waals surface area contributed by atoms with Crippen LogP contribution in [0.3, 0.4) is 0 Å². The number of aliphatic carboxylic acids is 1. The van der Waals surface area contributed by atoms with E-state index in [1.54, 1.807) is 0 Å². The fraction of sp³-hybridized carbons (Fsp3) is 0.643. The number of aromatic nitrogens is 2. The summed E-state index contributed by atoms with van der Waals surface area (Å²) in [7, 11) is 0. The Balaban J connectivity index is 1.64. The summed E-state index contributed by atoms with van der Waals surface area (Å²) in [4.78, 5) is 22.3. The quantitative estimate of drug-likeness (QED) is 0.592. The molecular formula is C14H20BrN3O3. The number of rotatable bonds is 9. The van der Waals surface area contributed by atoms with Gasteiger partial charge in [0.25, 0.3) is 5.91 Å². The Morgan fingerprint density at radius 3 is 2.67 bits per heavy atom. The van der Waals surface area contributed by atoms with E-state index in [1.165, 1.54) is 0 Å². The lowest BCUT2D eigenvalue weighted by molar-refractivity contribution is -0.137. The Morgan fingerprint density at radius 1 is 1.29 bits per heavy atom. The van der Waals surface area contributed by atoms with Gasteiger partial charge in [0, 0.05) is 18.9 Å². The molecule has 1 amide bonds. The van der Waals surface area contributed by atoms with Crippen molar-refractivity contribution in [2.24, 2.45) is 0 Å². The van der Waals surface area contributed by atoms with E-state index in [1.807, 2.05) is 0 Å². The number of hydrogen-bond donors (Lipinski definition) is 3. The van der Waals surface area contributed by atoms with E-state index in [9.17, 15) is 9.59 Å². The second kappa shape index (κ2) is 7.59. The zero-order valence-electron chi connectivity index (χ0n) is 11.8. The number of nitrogens with zero attached hydrogens (tertiary/aromatic N) is 1. The van der Waals surface area contributed by atoms with Crippen molar-refractivity contribution in [3.63, 3.8) is 0 Å². The van der Waals surface area contributed by atoms with Crippen molar-refractivity contribution in [3.8, 4) is 0 Å². The first-order chi connectivity index (χ1) is 10.1. The zero-order chi connectivity index (χ0) is 15.2. The summed E-state index contributed by atoms with van der Waals surface area (Å²) in [6, 6.07) is 0. The number of nitrogens with one attached hydrogen (secondary N) is 2. The van der Waals surface area contributed by atoms with Crippen LogP contribution in [0.25, 0.3) is 0 Å². The van der Waals surface area contributed by atoms with Crippen molar-refractivity contribution in [1.29, 1.82) is 0 Å². The maximum Gasteiger partial charge on any atom is 0.303 e. The van der Waals surface area contributed by atoms with Crippen LogP contribution in [-0.4, -0.2) is 33.7 Å². The van der Waals surface area contributed by atoms with Crippen molar-refractivity contribution < 1.29 is 14.7 Å². The SMILES string of the molecule is O=C(O)CCCCCCNC(=O)c1n[nH]c(C2CC2)c1Br. The van der Waals surface area contributed by atoms with Crippen LogP contribution in [0.4, 0.5) is 0 Å². The summed E-state index contributed by atoms with van der Waals surface area (Å²) in [5, 5.41) is 18.4. The smallest absolute Gasteiger partial charge is 0.303 e. The van der Waals surface area contributed by atoms with Gasteiger partial charge in [-0.1, -0.05) is 12.8 Å². The number of carboxylic acid groups (broad SMARTS) is 1. The van der Waals surface area contributed by atoms with Crippen molar-refractivity contribution in [3.05, 3.63) is 15.9 Å². The maximum atomic E-state index is 12.0. The third kappa shape index (κ3) is 4.84. The van der Waals surface area contributed by atoms with Gasteiger partial charge >= 0.3 is 5.97 Å². The van der Waals surface area contributed by atoms with Crippen LogP contribution >= 0.6 is 15.9 Å². The number of carbonyl (C=O) groups excluding carboxylic acids is 1. The minimum atomic E-state index is -0.752. The number of carboxylic acids is 1. The highest BCUT2D eigenvalue weighted by Crippen LogP contribution is 2.42. The summed E-state index contributed by atoms with van der Waals surface area (Å²) < 4.78 is 0.781. The second-order valence-corrected chi connectivity index (χ2v) is 6.18. The molecule has 6 nitrogen and oxygen atoms in total. The summed E-state index contributed by atoms with van der Waals surface area (Å²) in [5.74, 6) is -0.406. The number of H-pyrrole nitrogens is 1. The van der Waals surface area contributed by atoms with Crippen LogP contribution in [0.2, 0.25) is 0 Å². The fourth-order valence-electron chi connectivity index (χ4n) is 2.18. The molecule has 1 heterocycles. The van der Waals surface area contributed by atoms with Crippen molar-refractivity contribution >= 4 is 27.8 Å². The first-order valence-electron chi connectivity index (χ1n) is 7.33. The molecule has 3 N–H and O–H groups in total. The first kappa shape index (κ1) is 16.0. The highest BCUT2D eigenvalue weighted by Gasteiger charge is 2.30. The Morgan fingerprint density at radius 2 is 2.00 bits per heavy atom. The number of amides is 1. The second-order valence-electron chi connectivity index (χ2n) is 5.39. The molecule has 1 aliphatic carbocycles. The Bertz CT molecular complexity index is 512. The highest BCUT2D eigenvalue weighted by molar-refractivity contribution is 9.10. The van der Waals surface area contributed by atoms with Crippen LogP contribution in [-0.2, 0) is 4.79 Å². The number of hydrogen-bond acceptors (Lipinski definition) is 3. The molecule has 0 aliphatic heterocycles. The predicted octanol–water partition coefficient (Wildman–Crippen LogP) is 2.81. The van der Waals surface area contributed by atoms with Crippen LogP contribution in [0.1, 0.15) is 67.0 Å². The zero-order valence-corrected chi connectivity index (χ0v) is 13.4. The molecule has 1 aromatic rings. The summed E-state index contributed by atoms with van der Waals surface area (Å²) >= 11 is 3.44. The molecule has 0 unspecified atom stereocenters. The van der Waals surface area contributed by atoms with E-state index in [4.69, 9.17) is 5.11 Å². The van der Waals surface area contributed by atoms with Crippen LogP contribution in [0.5, 0.6) is 0 Å². The third-order valence-electron chi connectivity index (χ3n) is 3.54. The molecular weight excluding hydrogens is 338 g/mol. The van der Waals surface area contributed by atoms with Gasteiger partial charge in [-0.3, -0.25) is 14.7 Å². The fourth-order valence-corrected chi connectivity index (χ4v) is 2.86. The normalized spacial score (nSPS) is 14.1. The van der Waals surface area contributed by atoms with Gasteiger partial charge in [-0.2, -0.15) is 5.10 Å². The summed E-state index contributed by atoms with van der Waals surface area (Å²) in [6.07, 6.45) is 5.86. The molecule has 1 saturated carbocycles.